The summed E-state index contributed by atoms with van der Waals surface area (Å²) in [5.41, 5.74) is -0.293. The third kappa shape index (κ3) is 8.43. The quantitative estimate of drug-likeness (QED) is 0.690. The number of amides is 1. The van der Waals surface area contributed by atoms with Gasteiger partial charge in [0, 0.05) is 25.2 Å². The molecule has 0 rings (SSSR count). The number of carbonyl (C=O) groups is 1. The number of hydrogen-bond donors (Lipinski definition) is 1. The molecule has 0 aromatic rings. The number of carbonyl (C=O) groups excluding carboxylic acids is 1. The summed E-state index contributed by atoms with van der Waals surface area (Å²) in [7, 11) is 0. The van der Waals surface area contributed by atoms with Crippen LogP contribution in [0.4, 0.5) is 0 Å². The molecule has 0 radical (unpaired) electrons. The van der Waals surface area contributed by atoms with Gasteiger partial charge in [0.15, 0.2) is 0 Å². The molecular formula is C12H25NO2. The summed E-state index contributed by atoms with van der Waals surface area (Å²) in [5, 5.41) is 2.89. The van der Waals surface area contributed by atoms with E-state index in [0.717, 1.165) is 19.6 Å². The van der Waals surface area contributed by atoms with Crippen LogP contribution in [-0.4, -0.2) is 25.7 Å². The standard InChI is InChI=1S/C12H25NO2/c1-10(2)9-15-8-6-7-13-11(14)12(3,4)5/h10H,6-9H2,1-5H3,(H,13,14). The number of hydrogen-bond acceptors (Lipinski definition) is 2. The van der Waals surface area contributed by atoms with Crippen molar-refractivity contribution in [3.05, 3.63) is 0 Å². The minimum atomic E-state index is -0.293. The summed E-state index contributed by atoms with van der Waals surface area (Å²) in [4.78, 5) is 11.5. The van der Waals surface area contributed by atoms with Crippen molar-refractivity contribution in [1.29, 1.82) is 0 Å². The SMILES string of the molecule is CC(C)COCCCNC(=O)C(C)(C)C. The molecule has 0 aliphatic heterocycles. The normalized spacial score (nSPS) is 11.9. The van der Waals surface area contributed by atoms with Gasteiger partial charge < -0.3 is 10.1 Å². The molecule has 0 saturated carbocycles. The Kier molecular flexibility index (Phi) is 6.57. The van der Waals surface area contributed by atoms with Gasteiger partial charge in [-0.2, -0.15) is 0 Å². The Morgan fingerprint density at radius 3 is 2.40 bits per heavy atom. The number of nitrogens with one attached hydrogen (secondary N) is 1. The lowest BCUT2D eigenvalue weighted by molar-refractivity contribution is -0.128. The second kappa shape index (κ2) is 6.83. The van der Waals surface area contributed by atoms with E-state index in [1.807, 2.05) is 20.8 Å². The van der Waals surface area contributed by atoms with Crippen LogP contribution < -0.4 is 5.32 Å². The van der Waals surface area contributed by atoms with Crippen LogP contribution in [-0.2, 0) is 9.53 Å². The Morgan fingerprint density at radius 1 is 1.33 bits per heavy atom. The first-order chi connectivity index (χ1) is 6.84. The highest BCUT2D eigenvalue weighted by molar-refractivity contribution is 5.81. The van der Waals surface area contributed by atoms with Crippen molar-refractivity contribution in [2.45, 2.75) is 41.0 Å². The van der Waals surface area contributed by atoms with Gasteiger partial charge in [-0.05, 0) is 12.3 Å². The minimum absolute atomic E-state index is 0.103. The maximum Gasteiger partial charge on any atom is 0.225 e. The highest BCUT2D eigenvalue weighted by Crippen LogP contribution is 2.11. The van der Waals surface area contributed by atoms with Crippen LogP contribution in [0.3, 0.4) is 0 Å². The molecule has 0 bridgehead atoms. The third-order valence-electron chi connectivity index (χ3n) is 1.88. The molecule has 0 saturated heterocycles. The Morgan fingerprint density at radius 2 is 1.93 bits per heavy atom. The van der Waals surface area contributed by atoms with E-state index in [-0.39, 0.29) is 11.3 Å². The lowest BCUT2D eigenvalue weighted by Crippen LogP contribution is -2.35. The molecule has 0 fully saturated rings. The number of rotatable bonds is 6. The Bertz CT molecular complexity index is 183. The van der Waals surface area contributed by atoms with Crippen LogP contribution in [0.2, 0.25) is 0 Å². The minimum Gasteiger partial charge on any atom is -0.381 e. The fraction of sp³-hybridized carbons (Fsp3) is 0.917. The molecule has 0 aromatic carbocycles. The topological polar surface area (TPSA) is 38.3 Å². The zero-order chi connectivity index (χ0) is 11.9. The monoisotopic (exact) mass is 215 g/mol. The van der Waals surface area contributed by atoms with Crippen molar-refractivity contribution in [2.24, 2.45) is 11.3 Å². The van der Waals surface area contributed by atoms with E-state index < -0.39 is 0 Å². The highest BCUT2D eigenvalue weighted by atomic mass is 16.5. The zero-order valence-corrected chi connectivity index (χ0v) is 10.7. The molecule has 0 heterocycles. The van der Waals surface area contributed by atoms with Crippen molar-refractivity contribution >= 4 is 5.91 Å². The van der Waals surface area contributed by atoms with Crippen molar-refractivity contribution < 1.29 is 9.53 Å². The molecule has 15 heavy (non-hydrogen) atoms. The van der Waals surface area contributed by atoms with Gasteiger partial charge in [0.25, 0.3) is 0 Å². The largest absolute Gasteiger partial charge is 0.381 e. The molecule has 0 aromatic heterocycles. The van der Waals surface area contributed by atoms with Crippen molar-refractivity contribution in [2.75, 3.05) is 19.8 Å². The average molecular weight is 215 g/mol. The molecule has 0 spiro atoms. The van der Waals surface area contributed by atoms with Crippen LogP contribution in [0.5, 0.6) is 0 Å². The van der Waals surface area contributed by atoms with Gasteiger partial charge in [0.05, 0.1) is 0 Å². The van der Waals surface area contributed by atoms with Crippen LogP contribution >= 0.6 is 0 Å². The highest BCUT2D eigenvalue weighted by Gasteiger charge is 2.19. The molecular weight excluding hydrogens is 190 g/mol. The first-order valence-corrected chi connectivity index (χ1v) is 5.70. The smallest absolute Gasteiger partial charge is 0.225 e. The van der Waals surface area contributed by atoms with Gasteiger partial charge >= 0.3 is 0 Å². The van der Waals surface area contributed by atoms with Crippen LogP contribution in [0.1, 0.15) is 41.0 Å². The van der Waals surface area contributed by atoms with E-state index in [1.54, 1.807) is 0 Å². The van der Waals surface area contributed by atoms with Gasteiger partial charge in [0.2, 0.25) is 5.91 Å². The molecule has 90 valence electrons. The second-order valence-corrected chi connectivity index (χ2v) is 5.33. The van der Waals surface area contributed by atoms with Gasteiger partial charge in [-0.3, -0.25) is 4.79 Å². The summed E-state index contributed by atoms with van der Waals surface area (Å²) >= 11 is 0. The Labute approximate surface area is 93.6 Å². The summed E-state index contributed by atoms with van der Waals surface area (Å²) < 4.78 is 5.41. The van der Waals surface area contributed by atoms with Gasteiger partial charge in [0.1, 0.15) is 0 Å². The zero-order valence-electron chi connectivity index (χ0n) is 10.7. The Hall–Kier alpha value is -0.570. The van der Waals surface area contributed by atoms with Gasteiger partial charge in [-0.25, -0.2) is 0 Å². The van der Waals surface area contributed by atoms with Crippen molar-refractivity contribution in [1.82, 2.24) is 5.32 Å². The maximum absolute atomic E-state index is 11.5. The Balaban J connectivity index is 3.36. The average Bonchev–Trinajstić information content (AvgIpc) is 2.08. The summed E-state index contributed by atoms with van der Waals surface area (Å²) in [5.74, 6) is 0.681. The van der Waals surface area contributed by atoms with E-state index in [0.29, 0.717) is 12.5 Å². The second-order valence-electron chi connectivity index (χ2n) is 5.33. The van der Waals surface area contributed by atoms with Crippen LogP contribution in [0, 0.1) is 11.3 Å². The first-order valence-electron chi connectivity index (χ1n) is 5.70. The molecule has 0 aliphatic carbocycles. The van der Waals surface area contributed by atoms with Gasteiger partial charge in [-0.15, -0.1) is 0 Å². The van der Waals surface area contributed by atoms with E-state index in [2.05, 4.69) is 19.2 Å². The fourth-order valence-corrected chi connectivity index (χ4v) is 0.960. The lowest BCUT2D eigenvalue weighted by atomic mass is 9.96. The summed E-state index contributed by atoms with van der Waals surface area (Å²) in [6, 6.07) is 0. The molecule has 0 unspecified atom stereocenters. The lowest BCUT2D eigenvalue weighted by Gasteiger charge is -2.17. The number of ether oxygens (including phenoxy) is 1. The molecule has 1 amide bonds. The third-order valence-corrected chi connectivity index (χ3v) is 1.88. The van der Waals surface area contributed by atoms with E-state index >= 15 is 0 Å². The molecule has 1 N–H and O–H groups in total. The van der Waals surface area contributed by atoms with E-state index in [9.17, 15) is 4.79 Å². The molecule has 0 atom stereocenters. The molecule has 3 nitrogen and oxygen atoms in total. The first kappa shape index (κ1) is 14.4. The maximum atomic E-state index is 11.5. The predicted molar refractivity (Wildman–Crippen MR) is 62.7 cm³/mol. The fourth-order valence-electron chi connectivity index (χ4n) is 0.960. The predicted octanol–water partition coefficient (Wildman–Crippen LogP) is 2.21. The molecule has 3 heteroatoms. The van der Waals surface area contributed by atoms with E-state index in [4.69, 9.17) is 4.74 Å². The van der Waals surface area contributed by atoms with Crippen molar-refractivity contribution in [3.63, 3.8) is 0 Å². The van der Waals surface area contributed by atoms with Crippen LogP contribution in [0.25, 0.3) is 0 Å². The summed E-state index contributed by atoms with van der Waals surface area (Å²) in [6.45, 7) is 12.2. The van der Waals surface area contributed by atoms with Gasteiger partial charge in [-0.1, -0.05) is 34.6 Å². The van der Waals surface area contributed by atoms with E-state index in [1.165, 1.54) is 0 Å². The van der Waals surface area contributed by atoms with Crippen LogP contribution in [0.15, 0.2) is 0 Å². The summed E-state index contributed by atoms with van der Waals surface area (Å²) in [6.07, 6.45) is 0.883. The molecule has 0 aliphatic rings. The van der Waals surface area contributed by atoms with Crippen molar-refractivity contribution in [3.8, 4) is 0 Å².